The molecular formula is C11H11FN2OS. The Hall–Kier alpha value is -1.49. The zero-order valence-electron chi connectivity index (χ0n) is 9.00. The predicted molar refractivity (Wildman–Crippen MR) is 63.8 cm³/mol. The van der Waals surface area contributed by atoms with Gasteiger partial charge in [-0.3, -0.25) is 9.36 Å². The second-order valence-corrected chi connectivity index (χ2v) is 3.98. The first kappa shape index (κ1) is 11.0. The van der Waals surface area contributed by atoms with Crippen molar-refractivity contribution < 1.29 is 4.39 Å². The van der Waals surface area contributed by atoms with Gasteiger partial charge in [-0.25, -0.2) is 4.39 Å². The van der Waals surface area contributed by atoms with Crippen LogP contribution >= 0.6 is 12.2 Å². The minimum absolute atomic E-state index is 0.0791. The molecule has 0 aliphatic carbocycles. The van der Waals surface area contributed by atoms with Gasteiger partial charge in [-0.2, -0.15) is 0 Å². The van der Waals surface area contributed by atoms with Gasteiger partial charge in [0.15, 0.2) is 4.77 Å². The van der Waals surface area contributed by atoms with Crippen LogP contribution in [-0.2, 0) is 6.54 Å². The van der Waals surface area contributed by atoms with Gasteiger partial charge in [0, 0.05) is 6.54 Å². The van der Waals surface area contributed by atoms with Crippen LogP contribution in [0.4, 0.5) is 4.39 Å². The van der Waals surface area contributed by atoms with Crippen LogP contribution in [-0.4, -0.2) is 9.55 Å². The molecule has 1 aromatic heterocycles. The molecule has 16 heavy (non-hydrogen) atoms. The zero-order chi connectivity index (χ0) is 11.9. The smallest absolute Gasteiger partial charge is 0.265 e. The Balaban J connectivity index is 3.11. The van der Waals surface area contributed by atoms with Crippen molar-refractivity contribution >= 4 is 23.1 Å². The molecular weight excluding hydrogens is 227 g/mol. The van der Waals surface area contributed by atoms with Crippen molar-refractivity contribution in [1.29, 1.82) is 0 Å². The van der Waals surface area contributed by atoms with E-state index in [1.807, 2.05) is 6.92 Å². The second-order valence-electron chi connectivity index (χ2n) is 3.59. The molecule has 1 N–H and O–H groups in total. The SMILES string of the molecule is CCn1c(=S)[nH]c2c(C)ccc(F)c2c1=O. The van der Waals surface area contributed by atoms with Crippen LogP contribution in [0.1, 0.15) is 12.5 Å². The van der Waals surface area contributed by atoms with Gasteiger partial charge in [-0.15, -0.1) is 0 Å². The molecule has 0 saturated carbocycles. The number of hydrogen-bond acceptors (Lipinski definition) is 2. The maximum absolute atomic E-state index is 13.6. The summed E-state index contributed by atoms with van der Waals surface area (Å²) in [6.07, 6.45) is 0. The lowest BCUT2D eigenvalue weighted by atomic mass is 10.1. The average Bonchev–Trinajstić information content (AvgIpc) is 2.24. The van der Waals surface area contributed by atoms with Gasteiger partial charge >= 0.3 is 0 Å². The first-order valence-corrected chi connectivity index (χ1v) is 5.39. The molecule has 2 aromatic rings. The molecule has 1 aromatic carbocycles. The van der Waals surface area contributed by atoms with E-state index in [4.69, 9.17) is 12.2 Å². The molecule has 0 unspecified atom stereocenters. The molecule has 2 rings (SSSR count). The van der Waals surface area contributed by atoms with E-state index < -0.39 is 5.82 Å². The topological polar surface area (TPSA) is 37.8 Å². The number of aryl methyl sites for hydroxylation is 1. The summed E-state index contributed by atoms with van der Waals surface area (Å²) in [5.74, 6) is -0.515. The Morgan fingerprint density at radius 2 is 2.19 bits per heavy atom. The molecule has 0 spiro atoms. The molecule has 1 heterocycles. The van der Waals surface area contributed by atoms with E-state index in [2.05, 4.69) is 4.98 Å². The van der Waals surface area contributed by atoms with E-state index in [1.54, 1.807) is 13.0 Å². The summed E-state index contributed by atoms with van der Waals surface area (Å²) in [6.45, 7) is 4.03. The van der Waals surface area contributed by atoms with Crippen LogP contribution < -0.4 is 5.56 Å². The predicted octanol–water partition coefficient (Wildman–Crippen LogP) is 2.53. The summed E-state index contributed by atoms with van der Waals surface area (Å²) in [5, 5.41) is 0.0791. The number of benzene rings is 1. The standard InChI is InChI=1S/C11H11FN2OS/c1-3-14-10(15)8-7(12)5-4-6(2)9(8)13-11(14)16/h4-5H,3H2,1-2H3,(H,13,16). The van der Waals surface area contributed by atoms with Crippen molar-refractivity contribution in [3.05, 3.63) is 38.6 Å². The first-order chi connectivity index (χ1) is 7.56. The highest BCUT2D eigenvalue weighted by molar-refractivity contribution is 7.71. The van der Waals surface area contributed by atoms with Crippen LogP contribution in [0.2, 0.25) is 0 Å². The van der Waals surface area contributed by atoms with E-state index in [9.17, 15) is 9.18 Å². The first-order valence-electron chi connectivity index (χ1n) is 4.98. The largest absolute Gasteiger partial charge is 0.331 e. The lowest BCUT2D eigenvalue weighted by molar-refractivity contribution is 0.631. The summed E-state index contributed by atoms with van der Waals surface area (Å²) in [6, 6.07) is 2.93. The minimum Gasteiger partial charge on any atom is -0.331 e. The minimum atomic E-state index is -0.515. The van der Waals surface area contributed by atoms with Gasteiger partial charge < -0.3 is 4.98 Å². The van der Waals surface area contributed by atoms with Crippen molar-refractivity contribution in [3.63, 3.8) is 0 Å². The molecule has 0 radical (unpaired) electrons. The van der Waals surface area contributed by atoms with Crippen LogP contribution in [0.3, 0.4) is 0 Å². The molecule has 5 heteroatoms. The van der Waals surface area contributed by atoms with Crippen molar-refractivity contribution in [2.45, 2.75) is 20.4 Å². The van der Waals surface area contributed by atoms with Gasteiger partial charge in [0.05, 0.1) is 10.9 Å². The second kappa shape index (κ2) is 3.83. The van der Waals surface area contributed by atoms with Crippen molar-refractivity contribution in [3.8, 4) is 0 Å². The number of aromatic nitrogens is 2. The number of fused-ring (bicyclic) bond motifs is 1. The summed E-state index contributed by atoms with van der Waals surface area (Å²) in [7, 11) is 0. The van der Waals surface area contributed by atoms with Gasteiger partial charge in [-0.05, 0) is 37.7 Å². The van der Waals surface area contributed by atoms with E-state index in [0.717, 1.165) is 5.56 Å². The highest BCUT2D eigenvalue weighted by Crippen LogP contribution is 2.15. The molecule has 0 aliphatic rings. The third-order valence-electron chi connectivity index (χ3n) is 2.62. The molecule has 0 fully saturated rings. The lowest BCUT2D eigenvalue weighted by Gasteiger charge is -2.07. The summed E-state index contributed by atoms with van der Waals surface area (Å²) >= 11 is 5.05. The monoisotopic (exact) mass is 238 g/mol. The molecule has 0 saturated heterocycles. The number of nitrogens with one attached hydrogen (secondary N) is 1. The van der Waals surface area contributed by atoms with Crippen LogP contribution in [0.15, 0.2) is 16.9 Å². The molecule has 0 bridgehead atoms. The van der Waals surface area contributed by atoms with Crippen molar-refractivity contribution in [1.82, 2.24) is 9.55 Å². The highest BCUT2D eigenvalue weighted by Gasteiger charge is 2.10. The van der Waals surface area contributed by atoms with Gasteiger partial charge in [-0.1, -0.05) is 6.07 Å². The molecule has 0 amide bonds. The van der Waals surface area contributed by atoms with Crippen molar-refractivity contribution in [2.75, 3.05) is 0 Å². The fourth-order valence-electron chi connectivity index (χ4n) is 1.74. The molecule has 0 atom stereocenters. The van der Waals surface area contributed by atoms with Crippen LogP contribution in [0, 0.1) is 17.5 Å². The highest BCUT2D eigenvalue weighted by atomic mass is 32.1. The van der Waals surface area contributed by atoms with E-state index in [1.165, 1.54) is 10.6 Å². The average molecular weight is 238 g/mol. The summed E-state index contributed by atoms with van der Waals surface area (Å²) < 4.78 is 15.3. The number of hydrogen-bond donors (Lipinski definition) is 1. The maximum atomic E-state index is 13.6. The fourth-order valence-corrected chi connectivity index (χ4v) is 2.05. The third-order valence-corrected chi connectivity index (χ3v) is 2.94. The fraction of sp³-hybridized carbons (Fsp3) is 0.273. The summed E-state index contributed by atoms with van der Waals surface area (Å²) in [4.78, 5) is 14.9. The van der Waals surface area contributed by atoms with E-state index in [0.29, 0.717) is 16.8 Å². The Kier molecular flexibility index (Phi) is 2.63. The third kappa shape index (κ3) is 1.48. The Morgan fingerprint density at radius 3 is 2.81 bits per heavy atom. The Bertz CT molecular complexity index is 672. The normalized spacial score (nSPS) is 10.9. The summed E-state index contributed by atoms with van der Waals surface area (Å²) in [5.41, 5.74) is 0.921. The number of halogens is 1. The van der Waals surface area contributed by atoms with E-state index >= 15 is 0 Å². The number of H-pyrrole nitrogens is 1. The van der Waals surface area contributed by atoms with Crippen LogP contribution in [0.25, 0.3) is 10.9 Å². The molecule has 3 nitrogen and oxygen atoms in total. The Morgan fingerprint density at radius 1 is 1.50 bits per heavy atom. The number of rotatable bonds is 1. The Labute approximate surface area is 96.5 Å². The van der Waals surface area contributed by atoms with Crippen LogP contribution in [0.5, 0.6) is 0 Å². The zero-order valence-corrected chi connectivity index (χ0v) is 9.82. The van der Waals surface area contributed by atoms with Gasteiger partial charge in [0.2, 0.25) is 0 Å². The number of nitrogens with zero attached hydrogens (tertiary/aromatic N) is 1. The van der Waals surface area contributed by atoms with Gasteiger partial charge in [0.25, 0.3) is 5.56 Å². The quantitative estimate of drug-likeness (QED) is 0.775. The lowest BCUT2D eigenvalue weighted by Crippen LogP contribution is -2.22. The molecule has 0 aliphatic heterocycles. The number of aromatic amines is 1. The van der Waals surface area contributed by atoms with Crippen molar-refractivity contribution in [2.24, 2.45) is 0 Å². The molecule has 84 valence electrons. The van der Waals surface area contributed by atoms with Gasteiger partial charge in [0.1, 0.15) is 5.82 Å². The maximum Gasteiger partial charge on any atom is 0.265 e. The van der Waals surface area contributed by atoms with E-state index in [-0.39, 0.29) is 10.9 Å².